The Morgan fingerprint density at radius 3 is 2.33 bits per heavy atom. The van der Waals surface area contributed by atoms with Gasteiger partial charge in [0.15, 0.2) is 10.3 Å². The Labute approximate surface area is 353 Å². The molecule has 20 heteroatoms. The lowest BCUT2D eigenvalue weighted by Gasteiger charge is -2.45. The summed E-state index contributed by atoms with van der Waals surface area (Å²) in [5, 5.41) is 13.9. The summed E-state index contributed by atoms with van der Waals surface area (Å²) in [6.45, 7) is 4.13. The summed E-state index contributed by atoms with van der Waals surface area (Å²) in [7, 11) is 1.88. The van der Waals surface area contributed by atoms with Crippen molar-refractivity contribution < 1.29 is 27.9 Å². The van der Waals surface area contributed by atoms with Gasteiger partial charge in [-0.1, -0.05) is 22.7 Å². The van der Waals surface area contributed by atoms with Crippen LogP contribution >= 0.6 is 22.7 Å². The van der Waals surface area contributed by atoms with E-state index >= 15 is 4.39 Å². The Morgan fingerprint density at radius 1 is 0.833 bits per heavy atom. The highest BCUT2D eigenvalue weighted by Crippen LogP contribution is 2.43. The number of nitrogens with zero attached hydrogens (tertiary/aromatic N) is 9. The van der Waals surface area contributed by atoms with Crippen LogP contribution in [0.3, 0.4) is 0 Å². The summed E-state index contributed by atoms with van der Waals surface area (Å²) in [5.41, 5.74) is 3.14. The van der Waals surface area contributed by atoms with Gasteiger partial charge in [0.25, 0.3) is 0 Å². The smallest absolute Gasteiger partial charge is 0.460 e. The summed E-state index contributed by atoms with van der Waals surface area (Å²) in [4.78, 5) is 37.8. The van der Waals surface area contributed by atoms with Crippen molar-refractivity contribution >= 4 is 44.7 Å². The van der Waals surface area contributed by atoms with Crippen LogP contribution in [-0.2, 0) is 29.2 Å². The fourth-order valence-corrected chi connectivity index (χ4v) is 8.78. The van der Waals surface area contributed by atoms with Crippen molar-refractivity contribution in [3.8, 4) is 33.2 Å². The van der Waals surface area contributed by atoms with E-state index in [-0.39, 0.29) is 18.8 Å². The highest BCUT2D eigenvalue weighted by molar-refractivity contribution is 7.19. The number of hydrogen-bond acceptors (Lipinski definition) is 18. The lowest BCUT2D eigenvalue weighted by atomic mass is 9.72. The quantitative estimate of drug-likeness (QED) is 0.0882. The van der Waals surface area contributed by atoms with Gasteiger partial charge in [-0.25, -0.2) is 34.3 Å². The molecule has 0 unspecified atom stereocenters. The molecule has 2 saturated heterocycles. The van der Waals surface area contributed by atoms with Crippen molar-refractivity contribution in [2.24, 2.45) is 5.41 Å². The Kier molecular flexibility index (Phi) is 12.3. The average molecular weight is 855 g/mol. The fraction of sp³-hybridized carbons (Fsp3) is 0.425. The molecule has 2 aliphatic heterocycles. The topological polar surface area (TPSA) is 192 Å². The van der Waals surface area contributed by atoms with Crippen LogP contribution in [0, 0.1) is 11.2 Å². The van der Waals surface area contributed by atoms with Gasteiger partial charge in [-0.2, -0.15) is 9.55 Å². The molecule has 6 aromatic rings. The largest absolute Gasteiger partial charge is 0.500 e. The molecule has 1 atom stereocenters. The third-order valence-electron chi connectivity index (χ3n) is 10.6. The van der Waals surface area contributed by atoms with E-state index in [2.05, 4.69) is 56.2 Å². The van der Waals surface area contributed by atoms with E-state index in [1.165, 1.54) is 34.9 Å². The highest BCUT2D eigenvalue weighted by atomic mass is 32.1. The summed E-state index contributed by atoms with van der Waals surface area (Å²) in [6, 6.07) is 5.86. The minimum absolute atomic E-state index is 0.0992. The average Bonchev–Trinajstić information content (AvgIpc) is 3.93. The highest BCUT2D eigenvalue weighted by Gasteiger charge is 2.42. The zero-order valence-corrected chi connectivity index (χ0v) is 34.6. The first kappa shape index (κ1) is 40.0. The molecule has 8 heterocycles. The fourth-order valence-electron chi connectivity index (χ4n) is 7.21. The third-order valence-corrected chi connectivity index (χ3v) is 12.4. The van der Waals surface area contributed by atoms with Gasteiger partial charge in [0.1, 0.15) is 35.4 Å². The first-order chi connectivity index (χ1) is 29.5. The molecule has 1 aliphatic carbocycles. The zero-order valence-electron chi connectivity index (χ0n) is 33.0. The normalized spacial score (nSPS) is 17.6. The van der Waals surface area contributed by atoms with Crippen molar-refractivity contribution in [2.75, 3.05) is 44.1 Å². The van der Waals surface area contributed by atoms with Crippen molar-refractivity contribution in [3.63, 3.8) is 0 Å². The second kappa shape index (κ2) is 18.5. The summed E-state index contributed by atoms with van der Waals surface area (Å²) >= 11 is 2.82. The van der Waals surface area contributed by atoms with Crippen LogP contribution in [-0.4, -0.2) is 85.6 Å². The molecule has 9 rings (SSSR count). The minimum Gasteiger partial charge on any atom is -0.460 e. The number of ether oxygens (including phenoxy) is 4. The summed E-state index contributed by atoms with van der Waals surface area (Å²) < 4.78 is 40.9. The van der Waals surface area contributed by atoms with Crippen molar-refractivity contribution in [1.82, 2.24) is 50.5 Å². The van der Waals surface area contributed by atoms with Crippen molar-refractivity contribution in [1.29, 1.82) is 0 Å². The molecule has 3 aliphatic rings. The standard InChI is InChI=1S/C40H44FN13O4S2/c1-42-14-25-15-46-35(47-16-25)53-38-49-20-33(60-38)31-7-11-54(39(51-31)58-28-3-2-12-55-21-28)24-43-17-26-18-45-34(13-29(26)41)52-37-48-19-32(59-37)30-6-10-44-36(50-30)57-27-4-8-40(9-5-27)22-56-23-40/h6-7,10-11,13,15-16,18-20,27-28,42-43H,2-5,8-9,12,14,17,21-24H2,1H3,(H,44,45,48,50,52)/p+1/t28-/m0/s1. The van der Waals surface area contributed by atoms with Gasteiger partial charge in [0.05, 0.1) is 42.8 Å². The number of aromatic nitrogens is 9. The number of thiazole rings is 2. The Balaban J connectivity index is 0.805. The molecule has 60 heavy (non-hydrogen) atoms. The number of pyridine rings is 1. The van der Waals surface area contributed by atoms with E-state index in [1.807, 2.05) is 29.9 Å². The molecule has 17 nitrogen and oxygen atoms in total. The molecule has 1 saturated carbocycles. The van der Waals surface area contributed by atoms with Gasteiger partial charge in [0.2, 0.25) is 11.6 Å². The van der Waals surface area contributed by atoms with E-state index in [0.717, 1.165) is 67.1 Å². The third kappa shape index (κ3) is 9.80. The molecule has 3 fully saturated rings. The maximum absolute atomic E-state index is 15.4. The van der Waals surface area contributed by atoms with Crippen LogP contribution in [0.2, 0.25) is 0 Å². The lowest BCUT2D eigenvalue weighted by Crippen LogP contribution is -2.46. The minimum atomic E-state index is -0.406. The number of rotatable bonds is 16. The number of halogens is 1. The predicted molar refractivity (Wildman–Crippen MR) is 222 cm³/mol. The van der Waals surface area contributed by atoms with E-state index in [0.29, 0.717) is 82.8 Å². The molecule has 1 spiro atoms. The maximum Gasteiger partial charge on any atom is 0.500 e. The van der Waals surface area contributed by atoms with Gasteiger partial charge >= 0.3 is 12.0 Å². The van der Waals surface area contributed by atoms with Gasteiger partial charge in [-0.05, 0) is 56.6 Å². The molecule has 0 bridgehead atoms. The second-order valence-electron chi connectivity index (χ2n) is 15.1. The van der Waals surface area contributed by atoms with Crippen LogP contribution in [0.1, 0.15) is 49.7 Å². The molecule has 4 N–H and O–H groups in total. The molecule has 6 aromatic heterocycles. The van der Waals surface area contributed by atoms with Gasteiger partial charge < -0.3 is 34.9 Å². The Bertz CT molecular complexity index is 2370. The predicted octanol–water partition coefficient (Wildman–Crippen LogP) is 5.58. The van der Waals surface area contributed by atoms with Crippen LogP contribution in [0.5, 0.6) is 12.0 Å². The number of anilines is 4. The van der Waals surface area contributed by atoms with E-state index in [1.54, 1.807) is 31.0 Å². The van der Waals surface area contributed by atoms with Gasteiger partial charge in [-0.15, -0.1) is 0 Å². The van der Waals surface area contributed by atoms with Crippen LogP contribution < -0.4 is 35.3 Å². The number of nitrogens with one attached hydrogen (secondary N) is 4. The first-order valence-corrected chi connectivity index (χ1v) is 21.6. The summed E-state index contributed by atoms with van der Waals surface area (Å²) in [6.07, 6.45) is 18.0. The molecular weight excluding hydrogens is 810 g/mol. The summed E-state index contributed by atoms with van der Waals surface area (Å²) in [5.74, 6) is 0.391. The van der Waals surface area contributed by atoms with Crippen LogP contribution in [0.4, 0.5) is 26.4 Å². The molecule has 0 radical (unpaired) electrons. The van der Waals surface area contributed by atoms with Crippen molar-refractivity contribution in [3.05, 3.63) is 78.5 Å². The lowest BCUT2D eigenvalue weighted by molar-refractivity contribution is -0.710. The van der Waals surface area contributed by atoms with Crippen LogP contribution in [0.25, 0.3) is 21.1 Å². The van der Waals surface area contributed by atoms with Gasteiger partial charge in [-0.3, -0.25) is 5.32 Å². The molecule has 0 amide bonds. The Hall–Kier alpha value is -5.38. The SMILES string of the molecule is CNCc1cnc(Nc2ncc(-c3cc[n+](CNCc4cnc(Nc5ncc(-c6ccnc(OC7CCC8(CC7)COC8)n6)s5)cc4F)c(O[C@H]4CCCOC4)n3)s2)nc1. The van der Waals surface area contributed by atoms with Gasteiger partial charge in [0, 0.05) is 79.4 Å². The van der Waals surface area contributed by atoms with Crippen molar-refractivity contribution in [2.45, 2.75) is 70.5 Å². The Morgan fingerprint density at radius 2 is 1.62 bits per heavy atom. The van der Waals surface area contributed by atoms with E-state index in [9.17, 15) is 0 Å². The second-order valence-corrected chi connectivity index (χ2v) is 17.1. The monoisotopic (exact) mass is 854 g/mol. The number of hydrogen-bond donors (Lipinski definition) is 4. The first-order valence-electron chi connectivity index (χ1n) is 20.0. The maximum atomic E-state index is 15.4. The molecular formula is C40H45FN13O4S2+. The molecule has 312 valence electrons. The van der Waals surface area contributed by atoms with E-state index < -0.39 is 5.82 Å². The molecule has 0 aromatic carbocycles. The zero-order chi connectivity index (χ0) is 40.7. The van der Waals surface area contributed by atoms with Crippen LogP contribution in [0.15, 0.2) is 61.6 Å². The van der Waals surface area contributed by atoms with E-state index in [4.69, 9.17) is 23.9 Å².